The molecular weight excluding hydrogens is 228 g/mol. The van der Waals surface area contributed by atoms with E-state index in [1.54, 1.807) is 0 Å². The summed E-state index contributed by atoms with van der Waals surface area (Å²) in [6, 6.07) is 6.22. The Morgan fingerprint density at radius 2 is 2.24 bits per heavy atom. The molecule has 2 aromatic rings. The van der Waals surface area contributed by atoms with Gasteiger partial charge in [-0.3, -0.25) is 4.98 Å². The molecule has 0 spiro atoms. The van der Waals surface area contributed by atoms with E-state index in [9.17, 15) is 0 Å². The van der Waals surface area contributed by atoms with E-state index < -0.39 is 0 Å². The summed E-state index contributed by atoms with van der Waals surface area (Å²) in [5.41, 5.74) is 12.0. The quantitative estimate of drug-likeness (QED) is 0.771. The molecule has 1 aromatic heterocycles. The van der Waals surface area contributed by atoms with E-state index in [-0.39, 0.29) is 0 Å². The minimum atomic E-state index is 0.464. The molecule has 3 rings (SSSR count). The molecule has 2 nitrogen and oxygen atoms in total. The van der Waals surface area contributed by atoms with Crippen molar-refractivity contribution in [2.75, 3.05) is 11.5 Å². The van der Waals surface area contributed by atoms with Crippen LogP contribution in [0.3, 0.4) is 0 Å². The summed E-state index contributed by atoms with van der Waals surface area (Å²) >= 11 is 1.96. The van der Waals surface area contributed by atoms with Crippen molar-refractivity contribution in [3.8, 4) is 0 Å². The average Bonchev–Trinajstić information content (AvgIpc) is 2.31. The highest BCUT2D eigenvalue weighted by Crippen LogP contribution is 2.40. The number of pyridine rings is 1. The normalized spacial score (nSPS) is 19.3. The number of benzene rings is 1. The molecule has 0 aliphatic carbocycles. The summed E-state index contributed by atoms with van der Waals surface area (Å²) in [5.74, 6) is 1.15. The molecule has 1 aromatic carbocycles. The van der Waals surface area contributed by atoms with Crippen molar-refractivity contribution in [2.24, 2.45) is 0 Å². The molecule has 1 aliphatic heterocycles. The van der Waals surface area contributed by atoms with Gasteiger partial charge in [-0.1, -0.05) is 12.1 Å². The lowest BCUT2D eigenvalue weighted by molar-refractivity contribution is 0.937. The zero-order chi connectivity index (χ0) is 12.0. The standard InChI is InChI=1S/C14H16N2S/c1-8-4-3-5-11-12(8)13(15)10-6-7-17-9(2)14(10)16-11/h3-5,9H,6-7H2,1-2H3,(H2,15,16). The minimum Gasteiger partial charge on any atom is -0.398 e. The Hall–Kier alpha value is -1.22. The van der Waals surface area contributed by atoms with Crippen molar-refractivity contribution in [1.82, 2.24) is 4.98 Å². The second-order valence-corrected chi connectivity index (χ2v) is 6.07. The highest BCUT2D eigenvalue weighted by Gasteiger charge is 2.22. The molecule has 3 heteroatoms. The van der Waals surface area contributed by atoms with Gasteiger partial charge in [-0.15, -0.1) is 0 Å². The van der Waals surface area contributed by atoms with Crippen LogP contribution in [0.15, 0.2) is 18.2 Å². The van der Waals surface area contributed by atoms with E-state index in [1.807, 2.05) is 11.8 Å². The van der Waals surface area contributed by atoms with Crippen LogP contribution >= 0.6 is 11.8 Å². The van der Waals surface area contributed by atoms with Gasteiger partial charge in [0.1, 0.15) is 0 Å². The molecule has 0 radical (unpaired) electrons. The molecule has 1 atom stereocenters. The maximum atomic E-state index is 6.35. The first-order chi connectivity index (χ1) is 8.18. The SMILES string of the molecule is Cc1cccc2nc3c(c(N)c12)CCSC3C. The van der Waals surface area contributed by atoms with Crippen LogP contribution in [0.2, 0.25) is 0 Å². The van der Waals surface area contributed by atoms with Gasteiger partial charge in [0, 0.05) is 16.3 Å². The van der Waals surface area contributed by atoms with Crippen molar-refractivity contribution >= 4 is 28.4 Å². The van der Waals surface area contributed by atoms with E-state index in [1.165, 1.54) is 16.8 Å². The summed E-state index contributed by atoms with van der Waals surface area (Å²) in [6.07, 6.45) is 1.05. The number of rotatable bonds is 0. The van der Waals surface area contributed by atoms with Gasteiger partial charge in [-0.2, -0.15) is 11.8 Å². The van der Waals surface area contributed by atoms with Crippen LogP contribution in [-0.2, 0) is 6.42 Å². The Morgan fingerprint density at radius 3 is 3.06 bits per heavy atom. The van der Waals surface area contributed by atoms with Gasteiger partial charge in [-0.25, -0.2) is 0 Å². The molecule has 0 amide bonds. The third kappa shape index (κ3) is 1.61. The smallest absolute Gasteiger partial charge is 0.0729 e. The molecule has 88 valence electrons. The predicted molar refractivity (Wildman–Crippen MR) is 75.5 cm³/mol. The van der Waals surface area contributed by atoms with Crippen LogP contribution in [0.4, 0.5) is 5.69 Å². The second-order valence-electron chi connectivity index (χ2n) is 4.62. The number of thioether (sulfide) groups is 1. The van der Waals surface area contributed by atoms with Crippen LogP contribution < -0.4 is 5.73 Å². The monoisotopic (exact) mass is 244 g/mol. The fourth-order valence-electron chi connectivity index (χ4n) is 2.60. The van der Waals surface area contributed by atoms with Gasteiger partial charge in [0.2, 0.25) is 0 Å². The lowest BCUT2D eigenvalue weighted by atomic mass is 9.99. The summed E-state index contributed by atoms with van der Waals surface area (Å²) in [6.45, 7) is 4.32. The number of hydrogen-bond donors (Lipinski definition) is 1. The van der Waals surface area contributed by atoms with Gasteiger partial charge in [0.15, 0.2) is 0 Å². The molecule has 0 fully saturated rings. The topological polar surface area (TPSA) is 38.9 Å². The number of nitrogen functional groups attached to an aromatic ring is 1. The van der Waals surface area contributed by atoms with Crippen molar-refractivity contribution in [3.63, 3.8) is 0 Å². The highest BCUT2D eigenvalue weighted by atomic mass is 32.2. The Labute approximate surface area is 106 Å². The van der Waals surface area contributed by atoms with E-state index in [2.05, 4.69) is 32.0 Å². The highest BCUT2D eigenvalue weighted by molar-refractivity contribution is 7.99. The molecule has 17 heavy (non-hydrogen) atoms. The van der Waals surface area contributed by atoms with Gasteiger partial charge >= 0.3 is 0 Å². The van der Waals surface area contributed by atoms with Crippen molar-refractivity contribution in [2.45, 2.75) is 25.5 Å². The summed E-state index contributed by atoms with van der Waals surface area (Å²) in [4.78, 5) is 4.82. The maximum Gasteiger partial charge on any atom is 0.0729 e. The van der Waals surface area contributed by atoms with E-state index in [0.717, 1.165) is 28.8 Å². The molecule has 0 bridgehead atoms. The van der Waals surface area contributed by atoms with Gasteiger partial charge in [0.25, 0.3) is 0 Å². The molecule has 2 N–H and O–H groups in total. The second kappa shape index (κ2) is 3.91. The fraction of sp³-hybridized carbons (Fsp3) is 0.357. The Balaban J connectivity index is 2.39. The third-order valence-electron chi connectivity index (χ3n) is 3.50. The van der Waals surface area contributed by atoms with E-state index in [4.69, 9.17) is 10.7 Å². The number of nitrogens with two attached hydrogens (primary N) is 1. The van der Waals surface area contributed by atoms with E-state index in [0.29, 0.717) is 5.25 Å². The van der Waals surface area contributed by atoms with Crippen molar-refractivity contribution < 1.29 is 0 Å². The number of fused-ring (bicyclic) bond motifs is 2. The van der Waals surface area contributed by atoms with Crippen molar-refractivity contribution in [3.05, 3.63) is 35.0 Å². The fourth-order valence-corrected chi connectivity index (χ4v) is 3.63. The van der Waals surface area contributed by atoms with Gasteiger partial charge in [0.05, 0.1) is 11.2 Å². The molecule has 1 aliphatic rings. The summed E-state index contributed by atoms with van der Waals surface area (Å²) in [5, 5.41) is 1.61. The maximum absolute atomic E-state index is 6.35. The lowest BCUT2D eigenvalue weighted by Gasteiger charge is -2.23. The Morgan fingerprint density at radius 1 is 1.41 bits per heavy atom. The first kappa shape index (κ1) is 10.9. The van der Waals surface area contributed by atoms with Crippen LogP contribution in [0.5, 0.6) is 0 Å². The minimum absolute atomic E-state index is 0.464. The molecule has 0 saturated carbocycles. The molecule has 2 heterocycles. The first-order valence-electron chi connectivity index (χ1n) is 5.97. The van der Waals surface area contributed by atoms with Crippen molar-refractivity contribution in [1.29, 1.82) is 0 Å². The zero-order valence-corrected chi connectivity index (χ0v) is 11.0. The van der Waals surface area contributed by atoms with Crippen LogP contribution in [0.25, 0.3) is 10.9 Å². The largest absolute Gasteiger partial charge is 0.398 e. The summed E-state index contributed by atoms with van der Waals surface area (Å²) in [7, 11) is 0. The molecular formula is C14H16N2S. The Kier molecular flexibility index (Phi) is 2.51. The number of aromatic nitrogens is 1. The van der Waals surface area contributed by atoms with Gasteiger partial charge in [-0.05, 0) is 43.2 Å². The Bertz CT molecular complexity index is 592. The third-order valence-corrected chi connectivity index (χ3v) is 4.66. The lowest BCUT2D eigenvalue weighted by Crippen LogP contribution is -2.12. The number of anilines is 1. The zero-order valence-electron chi connectivity index (χ0n) is 10.2. The van der Waals surface area contributed by atoms with Crippen LogP contribution in [-0.4, -0.2) is 10.7 Å². The number of aryl methyl sites for hydroxylation is 1. The molecule has 0 saturated heterocycles. The first-order valence-corrected chi connectivity index (χ1v) is 7.02. The average molecular weight is 244 g/mol. The van der Waals surface area contributed by atoms with E-state index >= 15 is 0 Å². The van der Waals surface area contributed by atoms with Crippen LogP contribution in [0, 0.1) is 6.92 Å². The summed E-state index contributed by atoms with van der Waals surface area (Å²) < 4.78 is 0. The number of nitrogens with zero attached hydrogens (tertiary/aromatic N) is 1. The number of hydrogen-bond acceptors (Lipinski definition) is 3. The van der Waals surface area contributed by atoms with Gasteiger partial charge < -0.3 is 5.73 Å². The van der Waals surface area contributed by atoms with Crippen LogP contribution in [0.1, 0.15) is 29.0 Å². The molecule has 1 unspecified atom stereocenters. The predicted octanol–water partition coefficient (Wildman–Crippen LogP) is 3.48.